The van der Waals surface area contributed by atoms with E-state index < -0.39 is 23.6 Å². The minimum Gasteiger partial charge on any atom is -0.494 e. The normalized spacial score (nSPS) is 12.3. The van der Waals surface area contributed by atoms with Gasteiger partial charge in [-0.05, 0) is 39.2 Å². The summed E-state index contributed by atoms with van der Waals surface area (Å²) < 4.78 is 45.2. The van der Waals surface area contributed by atoms with Gasteiger partial charge in [-0.2, -0.15) is 0 Å². The Morgan fingerprint density at radius 3 is 2.52 bits per heavy atom. The van der Waals surface area contributed by atoms with Crippen LogP contribution in [0, 0.1) is 17.5 Å². The number of halogens is 4. The van der Waals surface area contributed by atoms with Gasteiger partial charge in [0.15, 0.2) is 23.2 Å². The molecular formula is C15H12BrF3O2. The molecule has 0 saturated heterocycles. The fourth-order valence-corrected chi connectivity index (χ4v) is 2.57. The lowest BCUT2D eigenvalue weighted by molar-refractivity contribution is 0.175. The van der Waals surface area contributed by atoms with Crippen molar-refractivity contribution >= 4 is 15.9 Å². The molecule has 2 rings (SSSR count). The smallest absolute Gasteiger partial charge is 0.173 e. The predicted octanol–water partition coefficient (Wildman–Crippen LogP) is 4.15. The van der Waals surface area contributed by atoms with Crippen LogP contribution in [0.3, 0.4) is 0 Å². The number of rotatable bonds is 4. The van der Waals surface area contributed by atoms with Crippen LogP contribution in [0.5, 0.6) is 5.75 Å². The molecule has 2 nitrogen and oxygen atoms in total. The van der Waals surface area contributed by atoms with Crippen molar-refractivity contribution in [3.05, 3.63) is 63.4 Å². The summed E-state index contributed by atoms with van der Waals surface area (Å²) in [7, 11) is 1.34. The van der Waals surface area contributed by atoms with Crippen LogP contribution in [-0.4, -0.2) is 12.2 Å². The lowest BCUT2D eigenvalue weighted by atomic mass is 10.0. The van der Waals surface area contributed by atoms with Crippen molar-refractivity contribution in [1.82, 2.24) is 0 Å². The molecule has 2 aromatic carbocycles. The van der Waals surface area contributed by atoms with Crippen LogP contribution in [0.2, 0.25) is 0 Å². The summed E-state index contributed by atoms with van der Waals surface area (Å²) in [6.45, 7) is 0. The van der Waals surface area contributed by atoms with Crippen molar-refractivity contribution in [3.8, 4) is 5.75 Å². The first kappa shape index (κ1) is 15.9. The molecule has 1 atom stereocenters. The van der Waals surface area contributed by atoms with E-state index in [1.807, 2.05) is 0 Å². The minimum absolute atomic E-state index is 0.0593. The van der Waals surface area contributed by atoms with Crippen LogP contribution in [0.15, 0.2) is 34.8 Å². The van der Waals surface area contributed by atoms with Gasteiger partial charge in [0.1, 0.15) is 0 Å². The SMILES string of the molecule is COc1cccc(CC(O)c2ccc(F)c(F)c2Br)c1F. The second-order valence-electron chi connectivity index (χ2n) is 4.42. The van der Waals surface area contributed by atoms with Gasteiger partial charge in [0.05, 0.1) is 17.7 Å². The van der Waals surface area contributed by atoms with Crippen molar-refractivity contribution < 1.29 is 23.0 Å². The molecule has 1 N–H and O–H groups in total. The number of hydrogen-bond acceptors (Lipinski definition) is 2. The lowest BCUT2D eigenvalue weighted by Gasteiger charge is -2.15. The van der Waals surface area contributed by atoms with E-state index >= 15 is 0 Å². The van der Waals surface area contributed by atoms with Crippen LogP contribution in [0.25, 0.3) is 0 Å². The Morgan fingerprint density at radius 1 is 1.14 bits per heavy atom. The summed E-state index contributed by atoms with van der Waals surface area (Å²) in [4.78, 5) is 0. The highest BCUT2D eigenvalue weighted by Crippen LogP contribution is 2.31. The van der Waals surface area contributed by atoms with Gasteiger partial charge in [0.2, 0.25) is 0 Å². The van der Waals surface area contributed by atoms with Gasteiger partial charge >= 0.3 is 0 Å². The zero-order chi connectivity index (χ0) is 15.6. The summed E-state index contributed by atoms with van der Waals surface area (Å²) >= 11 is 2.90. The number of hydrogen-bond donors (Lipinski definition) is 1. The van der Waals surface area contributed by atoms with E-state index in [1.165, 1.54) is 25.3 Å². The summed E-state index contributed by atoms with van der Waals surface area (Å²) in [5, 5.41) is 10.1. The molecule has 0 saturated carbocycles. The largest absolute Gasteiger partial charge is 0.494 e. The molecule has 0 heterocycles. The van der Waals surface area contributed by atoms with E-state index in [1.54, 1.807) is 6.07 Å². The average molecular weight is 361 g/mol. The molecule has 0 spiro atoms. The molecule has 0 amide bonds. The van der Waals surface area contributed by atoms with E-state index in [4.69, 9.17) is 4.74 Å². The molecule has 21 heavy (non-hydrogen) atoms. The van der Waals surface area contributed by atoms with E-state index in [0.717, 1.165) is 6.07 Å². The maximum atomic E-state index is 14.0. The maximum absolute atomic E-state index is 14.0. The molecule has 0 aliphatic heterocycles. The molecule has 0 bridgehead atoms. The number of benzene rings is 2. The molecule has 0 aromatic heterocycles. The van der Waals surface area contributed by atoms with Gasteiger partial charge < -0.3 is 9.84 Å². The Kier molecular flexibility index (Phi) is 4.90. The Bertz CT molecular complexity index is 662. The highest BCUT2D eigenvalue weighted by Gasteiger charge is 2.19. The standard InChI is InChI=1S/C15H12BrF3O2/c1-21-12-4-2-3-8(14(12)18)7-11(20)9-5-6-10(17)15(19)13(9)16/h2-6,11,20H,7H2,1H3. The van der Waals surface area contributed by atoms with Gasteiger partial charge in [-0.1, -0.05) is 18.2 Å². The number of aliphatic hydroxyl groups is 1. The van der Waals surface area contributed by atoms with E-state index in [9.17, 15) is 18.3 Å². The second-order valence-corrected chi connectivity index (χ2v) is 5.21. The van der Waals surface area contributed by atoms with Crippen LogP contribution in [-0.2, 0) is 6.42 Å². The summed E-state index contributed by atoms with van der Waals surface area (Å²) in [6.07, 6.45) is -1.27. The fourth-order valence-electron chi connectivity index (χ4n) is 1.99. The van der Waals surface area contributed by atoms with E-state index in [0.29, 0.717) is 0 Å². The molecule has 6 heteroatoms. The Labute approximate surface area is 128 Å². The molecule has 0 aliphatic carbocycles. The van der Waals surface area contributed by atoms with E-state index in [2.05, 4.69) is 15.9 Å². The second kappa shape index (κ2) is 6.49. The van der Waals surface area contributed by atoms with E-state index in [-0.39, 0.29) is 27.8 Å². The third-order valence-electron chi connectivity index (χ3n) is 3.10. The maximum Gasteiger partial charge on any atom is 0.173 e. The predicted molar refractivity (Wildman–Crippen MR) is 75.7 cm³/mol. The highest BCUT2D eigenvalue weighted by atomic mass is 79.9. The fraction of sp³-hybridized carbons (Fsp3) is 0.200. The van der Waals surface area contributed by atoms with Crippen molar-refractivity contribution in [2.24, 2.45) is 0 Å². The first-order valence-corrected chi connectivity index (χ1v) is 6.87. The molecule has 0 aliphatic rings. The van der Waals surface area contributed by atoms with Crippen molar-refractivity contribution in [2.75, 3.05) is 7.11 Å². The van der Waals surface area contributed by atoms with Crippen molar-refractivity contribution in [3.63, 3.8) is 0 Å². The topological polar surface area (TPSA) is 29.5 Å². The first-order chi connectivity index (χ1) is 9.95. The summed E-state index contributed by atoms with van der Waals surface area (Å²) in [6, 6.07) is 6.71. The van der Waals surface area contributed by atoms with Gasteiger partial charge in [0, 0.05) is 6.42 Å². The average Bonchev–Trinajstić information content (AvgIpc) is 2.47. The molecular weight excluding hydrogens is 349 g/mol. The van der Waals surface area contributed by atoms with Crippen LogP contribution < -0.4 is 4.74 Å². The molecule has 112 valence electrons. The number of ether oxygens (including phenoxy) is 1. The van der Waals surface area contributed by atoms with Crippen molar-refractivity contribution in [2.45, 2.75) is 12.5 Å². The van der Waals surface area contributed by atoms with Gasteiger partial charge in [0.25, 0.3) is 0 Å². The van der Waals surface area contributed by atoms with Gasteiger partial charge in [-0.3, -0.25) is 0 Å². The lowest BCUT2D eigenvalue weighted by Crippen LogP contribution is -2.06. The van der Waals surface area contributed by atoms with Crippen LogP contribution in [0.4, 0.5) is 13.2 Å². The van der Waals surface area contributed by atoms with Crippen molar-refractivity contribution in [1.29, 1.82) is 0 Å². The quantitative estimate of drug-likeness (QED) is 0.830. The molecule has 0 fully saturated rings. The monoisotopic (exact) mass is 360 g/mol. The Hall–Kier alpha value is -1.53. The highest BCUT2D eigenvalue weighted by molar-refractivity contribution is 9.10. The Morgan fingerprint density at radius 2 is 1.86 bits per heavy atom. The third kappa shape index (κ3) is 3.22. The van der Waals surface area contributed by atoms with Gasteiger partial charge in [-0.25, -0.2) is 13.2 Å². The molecule has 0 radical (unpaired) electrons. The molecule has 2 aromatic rings. The minimum atomic E-state index is -1.18. The number of aliphatic hydroxyl groups excluding tert-OH is 1. The van der Waals surface area contributed by atoms with Gasteiger partial charge in [-0.15, -0.1) is 0 Å². The zero-order valence-corrected chi connectivity index (χ0v) is 12.6. The van der Waals surface area contributed by atoms with Crippen LogP contribution in [0.1, 0.15) is 17.2 Å². The Balaban J connectivity index is 2.31. The summed E-state index contributed by atoms with van der Waals surface area (Å²) in [5.74, 6) is -2.63. The number of methoxy groups -OCH3 is 1. The first-order valence-electron chi connectivity index (χ1n) is 6.08. The zero-order valence-electron chi connectivity index (χ0n) is 11.0. The van der Waals surface area contributed by atoms with Crippen LogP contribution >= 0.6 is 15.9 Å². The molecule has 1 unspecified atom stereocenters. The third-order valence-corrected chi connectivity index (χ3v) is 3.91. The summed E-state index contributed by atoms with van der Waals surface area (Å²) in [5.41, 5.74) is 0.370.